The summed E-state index contributed by atoms with van der Waals surface area (Å²) in [6, 6.07) is 0. The molecule has 0 amide bonds. The van der Waals surface area contributed by atoms with Crippen molar-refractivity contribution in [1.82, 2.24) is 4.90 Å². The Morgan fingerprint density at radius 1 is 1.88 bits per heavy atom. The molecule has 0 aromatic rings. The molecule has 1 heterocycles. The number of likely N-dealkylation sites (N-methyl/N-ethyl adjacent to an activating group) is 2. The van der Waals surface area contributed by atoms with Crippen molar-refractivity contribution >= 4 is 6.34 Å². The van der Waals surface area contributed by atoms with E-state index < -0.39 is 0 Å². The molecule has 1 aliphatic rings. The van der Waals surface area contributed by atoms with E-state index >= 15 is 0 Å². The highest BCUT2D eigenvalue weighted by Crippen LogP contribution is 1.94. The van der Waals surface area contributed by atoms with Crippen molar-refractivity contribution in [2.45, 2.75) is 6.23 Å². The Balaban J connectivity index is 2.56. The third-order valence-corrected chi connectivity index (χ3v) is 1.30. The van der Waals surface area contributed by atoms with E-state index in [1.807, 2.05) is 25.0 Å². The van der Waals surface area contributed by atoms with Crippen LogP contribution in [0.5, 0.6) is 0 Å². The number of hydrogen-bond donors (Lipinski definition) is 1. The summed E-state index contributed by atoms with van der Waals surface area (Å²) in [4.78, 5) is 1.78. The van der Waals surface area contributed by atoms with Crippen LogP contribution in [0, 0.1) is 0 Å². The Morgan fingerprint density at radius 2 is 2.50 bits per heavy atom. The molecule has 0 radical (unpaired) electrons. The minimum absolute atomic E-state index is 0.306. The number of rotatable bonds is 0. The zero-order chi connectivity index (χ0) is 6.15. The first-order valence-electron chi connectivity index (χ1n) is 2.65. The van der Waals surface area contributed by atoms with Crippen molar-refractivity contribution in [3.8, 4) is 0 Å². The van der Waals surface area contributed by atoms with Crippen LogP contribution in [0.2, 0.25) is 0 Å². The molecule has 0 spiro atoms. The number of β-amino-alcohol motifs (C(OH)–C–C–N with tert-alkyl or cyclic N) is 1. The smallest absolute Gasteiger partial charge is 0.236 e. The minimum atomic E-state index is -0.306. The molecule has 0 aromatic heterocycles. The van der Waals surface area contributed by atoms with Crippen LogP contribution in [0.1, 0.15) is 0 Å². The lowest BCUT2D eigenvalue weighted by molar-refractivity contribution is -0.491. The van der Waals surface area contributed by atoms with Gasteiger partial charge in [0.1, 0.15) is 0 Å². The molecule has 1 atom stereocenters. The van der Waals surface area contributed by atoms with Crippen LogP contribution in [-0.2, 0) is 0 Å². The number of aliphatic hydroxyl groups excluding tert-OH is 1. The van der Waals surface area contributed by atoms with E-state index in [9.17, 15) is 0 Å². The first-order chi connectivity index (χ1) is 3.70. The summed E-state index contributed by atoms with van der Waals surface area (Å²) >= 11 is 0. The molecule has 0 aliphatic carbocycles. The Kier molecular flexibility index (Phi) is 1.21. The third-order valence-electron chi connectivity index (χ3n) is 1.30. The summed E-state index contributed by atoms with van der Waals surface area (Å²) in [7, 11) is 3.79. The SMILES string of the molecule is CN1C=[N+](C)CC1O. The van der Waals surface area contributed by atoms with Crippen LogP contribution in [0.25, 0.3) is 0 Å². The molecule has 3 nitrogen and oxygen atoms in total. The molecule has 8 heavy (non-hydrogen) atoms. The first-order valence-corrected chi connectivity index (χ1v) is 2.65. The van der Waals surface area contributed by atoms with Gasteiger partial charge in [-0.2, -0.15) is 0 Å². The van der Waals surface area contributed by atoms with Gasteiger partial charge >= 0.3 is 0 Å². The van der Waals surface area contributed by atoms with Gasteiger partial charge in [-0.15, -0.1) is 0 Å². The monoisotopic (exact) mass is 115 g/mol. The molecule has 1 aliphatic heterocycles. The zero-order valence-electron chi connectivity index (χ0n) is 5.20. The molecule has 1 unspecified atom stereocenters. The van der Waals surface area contributed by atoms with E-state index in [0.29, 0.717) is 0 Å². The summed E-state index contributed by atoms with van der Waals surface area (Å²) in [5, 5.41) is 9.02. The van der Waals surface area contributed by atoms with Crippen LogP contribution in [0.4, 0.5) is 0 Å². The van der Waals surface area contributed by atoms with Gasteiger partial charge in [0.25, 0.3) is 0 Å². The Hall–Kier alpha value is -0.570. The Labute approximate surface area is 48.9 Å². The second-order valence-electron chi connectivity index (χ2n) is 2.20. The molecule has 0 aromatic carbocycles. The molecule has 0 saturated heterocycles. The average molecular weight is 115 g/mol. The molecule has 46 valence electrons. The van der Waals surface area contributed by atoms with Gasteiger partial charge in [-0.1, -0.05) is 0 Å². The highest BCUT2D eigenvalue weighted by Gasteiger charge is 2.22. The average Bonchev–Trinajstić information content (AvgIpc) is 1.85. The maximum Gasteiger partial charge on any atom is 0.236 e. The highest BCUT2D eigenvalue weighted by atomic mass is 16.3. The molecular formula is C5H11N2O+. The van der Waals surface area contributed by atoms with Gasteiger partial charge in [0.05, 0.1) is 14.1 Å². The van der Waals surface area contributed by atoms with Crippen LogP contribution in [0.15, 0.2) is 0 Å². The van der Waals surface area contributed by atoms with E-state index in [0.717, 1.165) is 6.54 Å². The molecule has 3 heteroatoms. The maximum atomic E-state index is 9.02. The summed E-state index contributed by atoms with van der Waals surface area (Å²) in [5.41, 5.74) is 0. The fourth-order valence-electron chi connectivity index (χ4n) is 0.821. The summed E-state index contributed by atoms with van der Waals surface area (Å²) < 4.78 is 1.95. The van der Waals surface area contributed by atoms with E-state index in [1.165, 1.54) is 0 Å². The lowest BCUT2D eigenvalue weighted by atomic mass is 10.5. The molecule has 0 bridgehead atoms. The first kappa shape index (κ1) is 5.56. The summed E-state index contributed by atoms with van der Waals surface area (Å²) in [5.74, 6) is 0. The van der Waals surface area contributed by atoms with Crippen LogP contribution in [0.3, 0.4) is 0 Å². The van der Waals surface area contributed by atoms with Gasteiger partial charge in [-0.05, 0) is 0 Å². The van der Waals surface area contributed by atoms with E-state index in [-0.39, 0.29) is 6.23 Å². The number of hydrogen-bond acceptors (Lipinski definition) is 2. The highest BCUT2D eigenvalue weighted by molar-refractivity contribution is 5.49. The van der Waals surface area contributed by atoms with Gasteiger partial charge in [-0.3, -0.25) is 4.58 Å². The van der Waals surface area contributed by atoms with Gasteiger partial charge in [0.15, 0.2) is 6.54 Å². The Morgan fingerprint density at radius 3 is 2.62 bits per heavy atom. The molecular weight excluding hydrogens is 104 g/mol. The van der Waals surface area contributed by atoms with Crippen molar-refractivity contribution in [2.24, 2.45) is 0 Å². The number of nitrogens with zero attached hydrogens (tertiary/aromatic N) is 2. The van der Waals surface area contributed by atoms with Gasteiger partial charge in [0.2, 0.25) is 12.6 Å². The largest absolute Gasteiger partial charge is 0.352 e. The van der Waals surface area contributed by atoms with Crippen LogP contribution < -0.4 is 0 Å². The van der Waals surface area contributed by atoms with Crippen molar-refractivity contribution in [3.05, 3.63) is 0 Å². The minimum Gasteiger partial charge on any atom is -0.352 e. The second kappa shape index (κ2) is 1.74. The molecule has 0 saturated carbocycles. The quantitative estimate of drug-likeness (QED) is 0.406. The van der Waals surface area contributed by atoms with Crippen LogP contribution >= 0.6 is 0 Å². The molecule has 1 N–H and O–H groups in total. The molecule has 1 rings (SSSR count). The zero-order valence-corrected chi connectivity index (χ0v) is 5.20. The summed E-state index contributed by atoms with van der Waals surface area (Å²) in [6.45, 7) is 0.719. The lowest BCUT2D eigenvalue weighted by Crippen LogP contribution is -2.26. The number of aliphatic hydroxyl groups is 1. The molecule has 0 fully saturated rings. The van der Waals surface area contributed by atoms with Gasteiger partial charge in [-0.25, -0.2) is 4.90 Å². The van der Waals surface area contributed by atoms with Crippen molar-refractivity contribution in [3.63, 3.8) is 0 Å². The summed E-state index contributed by atoms with van der Waals surface area (Å²) in [6.07, 6.45) is 1.57. The third kappa shape index (κ3) is 0.816. The topological polar surface area (TPSA) is 26.5 Å². The predicted octanol–water partition coefficient (Wildman–Crippen LogP) is -1.08. The van der Waals surface area contributed by atoms with Crippen molar-refractivity contribution in [2.75, 3.05) is 20.6 Å². The predicted molar refractivity (Wildman–Crippen MR) is 30.9 cm³/mol. The van der Waals surface area contributed by atoms with Crippen LogP contribution in [-0.4, -0.2) is 47.8 Å². The van der Waals surface area contributed by atoms with E-state index in [2.05, 4.69) is 0 Å². The second-order valence-corrected chi connectivity index (χ2v) is 2.20. The van der Waals surface area contributed by atoms with E-state index in [1.54, 1.807) is 4.90 Å². The lowest BCUT2D eigenvalue weighted by Gasteiger charge is -2.02. The van der Waals surface area contributed by atoms with E-state index in [4.69, 9.17) is 5.11 Å². The fourth-order valence-corrected chi connectivity index (χ4v) is 0.821. The Bertz CT molecular complexity index is 122. The van der Waals surface area contributed by atoms with Gasteiger partial charge < -0.3 is 5.11 Å². The fraction of sp³-hybridized carbons (Fsp3) is 0.800. The normalized spacial score (nSPS) is 28.6. The van der Waals surface area contributed by atoms with Crippen molar-refractivity contribution < 1.29 is 9.68 Å². The van der Waals surface area contributed by atoms with Gasteiger partial charge in [0, 0.05) is 0 Å². The maximum absolute atomic E-state index is 9.02. The standard InChI is InChI=1S/C5H11N2O/c1-6-3-5(8)7(2)4-6/h4-5,8H,3H2,1-2H3/q+1. The van der Waals surface area contributed by atoms with Crippen molar-refractivity contribution in [1.29, 1.82) is 0 Å².